The molecule has 2 heteroatoms. The lowest BCUT2D eigenvalue weighted by atomic mass is 10.0. The van der Waals surface area contributed by atoms with E-state index in [9.17, 15) is 0 Å². The van der Waals surface area contributed by atoms with Crippen molar-refractivity contribution in [3.63, 3.8) is 0 Å². The molecule has 0 amide bonds. The molecule has 0 aliphatic rings. The van der Waals surface area contributed by atoms with Crippen molar-refractivity contribution in [2.75, 3.05) is 0 Å². The van der Waals surface area contributed by atoms with E-state index in [0.29, 0.717) is 0 Å². The van der Waals surface area contributed by atoms with Crippen LogP contribution in [0.4, 0.5) is 0 Å². The average Bonchev–Trinajstić information content (AvgIpc) is 2.89. The van der Waals surface area contributed by atoms with E-state index in [1.165, 1.54) is 31.3 Å². The Morgan fingerprint density at radius 3 is 2.76 bits per heavy atom. The zero-order valence-electron chi connectivity index (χ0n) is 11.8. The van der Waals surface area contributed by atoms with Crippen LogP contribution in [-0.2, 0) is 6.42 Å². The summed E-state index contributed by atoms with van der Waals surface area (Å²) in [6.45, 7) is 2.06. The normalized spacial score (nSPS) is 11.3. The zero-order valence-corrected chi connectivity index (χ0v) is 12.7. The molecule has 0 saturated heterocycles. The van der Waals surface area contributed by atoms with E-state index in [1.54, 1.807) is 0 Å². The van der Waals surface area contributed by atoms with E-state index in [4.69, 9.17) is 0 Å². The van der Waals surface area contributed by atoms with Gasteiger partial charge in [-0.15, -0.1) is 11.3 Å². The molecular weight excluding hydrogens is 274 g/mol. The van der Waals surface area contributed by atoms with Crippen molar-refractivity contribution in [2.24, 2.45) is 0 Å². The highest BCUT2D eigenvalue weighted by Crippen LogP contribution is 2.28. The van der Waals surface area contributed by atoms with Crippen molar-refractivity contribution in [3.8, 4) is 0 Å². The topological polar surface area (TPSA) is 12.9 Å². The van der Waals surface area contributed by atoms with Crippen LogP contribution in [0.25, 0.3) is 20.9 Å². The highest BCUT2D eigenvalue weighted by Gasteiger charge is 2.04. The number of hydrogen-bond acceptors (Lipinski definition) is 2. The lowest BCUT2D eigenvalue weighted by Crippen LogP contribution is -1.87. The first kappa shape index (κ1) is 12.5. The molecule has 0 saturated carbocycles. The Morgan fingerprint density at radius 2 is 1.86 bits per heavy atom. The Bertz CT molecular complexity index is 904. The minimum atomic E-state index is 0.997. The molecule has 1 nitrogen and oxygen atoms in total. The van der Waals surface area contributed by atoms with Crippen LogP contribution in [0.1, 0.15) is 16.1 Å². The summed E-state index contributed by atoms with van der Waals surface area (Å²) in [5.41, 5.74) is 2.46. The molecule has 0 fully saturated rings. The molecule has 0 aliphatic heterocycles. The molecule has 0 atom stereocenters. The maximum absolute atomic E-state index is 4.35. The first-order valence-electron chi connectivity index (χ1n) is 7.11. The first-order chi connectivity index (χ1) is 10.3. The van der Waals surface area contributed by atoms with Crippen molar-refractivity contribution < 1.29 is 0 Å². The Hall–Kier alpha value is -2.19. The van der Waals surface area contributed by atoms with Gasteiger partial charge >= 0.3 is 0 Å². The van der Waals surface area contributed by atoms with E-state index in [1.807, 2.05) is 17.5 Å². The Balaban J connectivity index is 1.73. The molecule has 0 spiro atoms. The van der Waals surface area contributed by atoms with Crippen molar-refractivity contribution in [3.05, 3.63) is 76.9 Å². The third-order valence-electron chi connectivity index (χ3n) is 3.88. The van der Waals surface area contributed by atoms with Gasteiger partial charge in [-0.1, -0.05) is 36.4 Å². The van der Waals surface area contributed by atoms with Gasteiger partial charge in [-0.05, 0) is 41.5 Å². The maximum Gasteiger partial charge on any atom is 0.0450 e. The molecule has 102 valence electrons. The van der Waals surface area contributed by atoms with Gasteiger partial charge in [0.25, 0.3) is 0 Å². The molecule has 2 aromatic heterocycles. The van der Waals surface area contributed by atoms with Crippen molar-refractivity contribution in [2.45, 2.75) is 13.3 Å². The van der Waals surface area contributed by atoms with Crippen LogP contribution in [0, 0.1) is 6.92 Å². The number of hydrogen-bond donors (Lipinski definition) is 0. The van der Waals surface area contributed by atoms with Crippen LogP contribution in [0.3, 0.4) is 0 Å². The lowest BCUT2D eigenvalue weighted by molar-refractivity contribution is 1.22. The predicted molar refractivity (Wildman–Crippen MR) is 91.1 cm³/mol. The number of nitrogens with zero attached hydrogens (tertiary/aromatic N) is 1. The molecule has 4 aromatic rings. The number of thiophene rings is 1. The fraction of sp³-hybridized carbons (Fsp3) is 0.105. The number of benzene rings is 2. The van der Waals surface area contributed by atoms with Gasteiger partial charge in [0, 0.05) is 33.3 Å². The van der Waals surface area contributed by atoms with E-state index < -0.39 is 0 Å². The van der Waals surface area contributed by atoms with Crippen LogP contribution >= 0.6 is 11.3 Å². The van der Waals surface area contributed by atoms with E-state index >= 15 is 0 Å². The summed E-state index contributed by atoms with van der Waals surface area (Å²) in [7, 11) is 0. The van der Waals surface area contributed by atoms with Crippen LogP contribution in [-0.4, -0.2) is 4.98 Å². The van der Waals surface area contributed by atoms with Gasteiger partial charge in [0.2, 0.25) is 0 Å². The van der Waals surface area contributed by atoms with Gasteiger partial charge in [-0.2, -0.15) is 0 Å². The molecule has 0 unspecified atom stereocenters. The maximum atomic E-state index is 4.35. The highest BCUT2D eigenvalue weighted by molar-refractivity contribution is 7.19. The van der Waals surface area contributed by atoms with Crippen molar-refractivity contribution in [1.29, 1.82) is 0 Å². The van der Waals surface area contributed by atoms with Gasteiger partial charge in [0.05, 0.1) is 0 Å². The first-order valence-corrected chi connectivity index (χ1v) is 7.93. The lowest BCUT2D eigenvalue weighted by Gasteiger charge is -2.04. The van der Waals surface area contributed by atoms with E-state index in [-0.39, 0.29) is 0 Å². The number of aryl methyl sites for hydroxylation is 1. The summed E-state index contributed by atoms with van der Waals surface area (Å²) in [4.78, 5) is 5.77. The summed E-state index contributed by atoms with van der Waals surface area (Å²) in [6, 6.07) is 19.7. The van der Waals surface area contributed by atoms with E-state index in [0.717, 1.165) is 12.1 Å². The Labute approximate surface area is 127 Å². The predicted octanol–water partition coefficient (Wildman–Crippen LogP) is 5.35. The van der Waals surface area contributed by atoms with Crippen LogP contribution < -0.4 is 0 Å². The van der Waals surface area contributed by atoms with Crippen LogP contribution in [0.5, 0.6) is 0 Å². The van der Waals surface area contributed by atoms with Gasteiger partial charge in [0.1, 0.15) is 0 Å². The van der Waals surface area contributed by atoms with Gasteiger partial charge < -0.3 is 0 Å². The second-order valence-corrected chi connectivity index (χ2v) is 6.55. The molecule has 0 aliphatic carbocycles. The fourth-order valence-electron chi connectivity index (χ4n) is 2.81. The fourth-order valence-corrected chi connectivity index (χ4v) is 3.91. The number of fused-ring (bicyclic) bond motifs is 2. The second-order valence-electron chi connectivity index (χ2n) is 5.38. The minimum Gasteiger partial charge on any atom is -0.261 e. The molecule has 21 heavy (non-hydrogen) atoms. The molecule has 4 rings (SSSR count). The molecule has 0 N–H and O–H groups in total. The van der Waals surface area contributed by atoms with E-state index in [2.05, 4.69) is 66.5 Å². The third-order valence-corrected chi connectivity index (χ3v) is 5.00. The molecule has 2 aromatic carbocycles. The molecular formula is C19H15NS. The van der Waals surface area contributed by atoms with Gasteiger partial charge in [-0.3, -0.25) is 4.98 Å². The zero-order chi connectivity index (χ0) is 14.2. The second kappa shape index (κ2) is 4.97. The Morgan fingerprint density at radius 1 is 0.952 bits per heavy atom. The smallest absolute Gasteiger partial charge is 0.0450 e. The quantitative estimate of drug-likeness (QED) is 0.485. The minimum absolute atomic E-state index is 0.997. The van der Waals surface area contributed by atoms with Crippen molar-refractivity contribution >= 4 is 32.2 Å². The summed E-state index contributed by atoms with van der Waals surface area (Å²) in [5.74, 6) is 0. The molecule has 0 bridgehead atoms. The number of pyridine rings is 1. The van der Waals surface area contributed by atoms with Crippen LogP contribution in [0.2, 0.25) is 0 Å². The molecule has 2 heterocycles. The van der Waals surface area contributed by atoms with Gasteiger partial charge in [-0.25, -0.2) is 0 Å². The van der Waals surface area contributed by atoms with Crippen LogP contribution in [0.15, 0.2) is 60.8 Å². The largest absolute Gasteiger partial charge is 0.261 e. The summed E-state index contributed by atoms with van der Waals surface area (Å²) in [5, 5.41) is 3.87. The summed E-state index contributed by atoms with van der Waals surface area (Å²) >= 11 is 1.89. The summed E-state index contributed by atoms with van der Waals surface area (Å²) in [6.07, 6.45) is 2.89. The monoisotopic (exact) mass is 289 g/mol. The number of rotatable bonds is 2. The third kappa shape index (κ3) is 2.32. The molecule has 0 radical (unpaired) electrons. The summed E-state index contributed by atoms with van der Waals surface area (Å²) < 4.78 is 1.37. The standard InChI is InChI=1S/C19H15NS/c1-13-18-7-6-14(10-15(18)8-9-20-13)11-17-12-16-4-2-3-5-19(16)21-17/h2-10,12H,11H2,1H3. The Kier molecular flexibility index (Phi) is 2.97. The average molecular weight is 289 g/mol. The number of aromatic nitrogens is 1. The van der Waals surface area contributed by atoms with Gasteiger partial charge in [0.15, 0.2) is 0 Å². The SMILES string of the molecule is Cc1nccc2cc(Cc3cc4ccccc4s3)ccc12. The highest BCUT2D eigenvalue weighted by atomic mass is 32.1. The van der Waals surface area contributed by atoms with Crippen molar-refractivity contribution in [1.82, 2.24) is 4.98 Å².